The predicted octanol–water partition coefficient (Wildman–Crippen LogP) is 5.21. The molecule has 3 nitrogen and oxygen atoms in total. The van der Waals surface area contributed by atoms with Gasteiger partial charge in [0.2, 0.25) is 0 Å². The number of hydrogen-bond acceptors (Lipinski definition) is 2. The van der Waals surface area contributed by atoms with Gasteiger partial charge < -0.3 is 10.1 Å². The number of aryl methyl sites for hydroxylation is 1. The molecule has 1 N–H and O–H groups in total. The van der Waals surface area contributed by atoms with E-state index in [0.717, 1.165) is 15.7 Å². The SMILES string of the molecule is CCC(Oc1ccc(Cl)c(C)c1)C(=O)Nc1cccc(Br)c1. The summed E-state index contributed by atoms with van der Waals surface area (Å²) in [5.74, 6) is 0.464. The number of rotatable bonds is 5. The zero-order chi connectivity index (χ0) is 16.1. The molecule has 0 aliphatic rings. The van der Waals surface area contributed by atoms with Crippen molar-refractivity contribution in [1.29, 1.82) is 0 Å². The van der Waals surface area contributed by atoms with Crippen molar-refractivity contribution in [2.75, 3.05) is 5.32 Å². The molecule has 0 bridgehead atoms. The van der Waals surface area contributed by atoms with Crippen LogP contribution in [0.4, 0.5) is 5.69 Å². The Bertz CT molecular complexity index is 675. The van der Waals surface area contributed by atoms with Crippen LogP contribution in [0, 0.1) is 6.92 Å². The lowest BCUT2D eigenvalue weighted by molar-refractivity contribution is -0.122. The molecular weight excluding hydrogens is 366 g/mol. The highest BCUT2D eigenvalue weighted by atomic mass is 79.9. The maximum atomic E-state index is 12.3. The van der Waals surface area contributed by atoms with Gasteiger partial charge in [0.15, 0.2) is 6.10 Å². The van der Waals surface area contributed by atoms with E-state index in [1.807, 2.05) is 44.2 Å². The molecule has 0 aromatic heterocycles. The molecule has 1 amide bonds. The molecule has 1 unspecified atom stereocenters. The molecule has 0 fully saturated rings. The second kappa shape index (κ2) is 7.65. The summed E-state index contributed by atoms with van der Waals surface area (Å²) in [4.78, 5) is 12.3. The van der Waals surface area contributed by atoms with Crippen LogP contribution >= 0.6 is 27.5 Å². The quantitative estimate of drug-likeness (QED) is 0.771. The minimum Gasteiger partial charge on any atom is -0.481 e. The second-order valence-electron chi connectivity index (χ2n) is 4.93. The molecule has 0 spiro atoms. The van der Waals surface area contributed by atoms with Crippen molar-refractivity contribution in [3.63, 3.8) is 0 Å². The summed E-state index contributed by atoms with van der Waals surface area (Å²) in [7, 11) is 0. The Labute approximate surface area is 143 Å². The monoisotopic (exact) mass is 381 g/mol. The average Bonchev–Trinajstić information content (AvgIpc) is 2.48. The van der Waals surface area contributed by atoms with Crippen LogP contribution in [0.15, 0.2) is 46.9 Å². The Morgan fingerprint density at radius 3 is 2.73 bits per heavy atom. The zero-order valence-electron chi connectivity index (χ0n) is 12.4. The van der Waals surface area contributed by atoms with Gasteiger partial charge in [0.05, 0.1) is 0 Å². The summed E-state index contributed by atoms with van der Waals surface area (Å²) in [5.41, 5.74) is 1.65. The number of benzene rings is 2. The second-order valence-corrected chi connectivity index (χ2v) is 6.25. The Kier molecular flexibility index (Phi) is 5.86. The maximum absolute atomic E-state index is 12.3. The zero-order valence-corrected chi connectivity index (χ0v) is 14.7. The minimum atomic E-state index is -0.556. The highest BCUT2D eigenvalue weighted by molar-refractivity contribution is 9.10. The van der Waals surface area contributed by atoms with Crippen LogP contribution in [-0.2, 0) is 4.79 Å². The number of halogens is 2. The first-order valence-corrected chi connectivity index (χ1v) is 8.16. The maximum Gasteiger partial charge on any atom is 0.265 e. The Hall–Kier alpha value is -1.52. The summed E-state index contributed by atoms with van der Waals surface area (Å²) >= 11 is 9.38. The number of carbonyl (C=O) groups is 1. The lowest BCUT2D eigenvalue weighted by Crippen LogP contribution is -2.32. The van der Waals surface area contributed by atoms with Gasteiger partial charge in [0.1, 0.15) is 5.75 Å². The van der Waals surface area contributed by atoms with E-state index in [0.29, 0.717) is 17.2 Å². The van der Waals surface area contributed by atoms with Crippen molar-refractivity contribution >= 4 is 39.1 Å². The van der Waals surface area contributed by atoms with E-state index < -0.39 is 6.10 Å². The Morgan fingerprint density at radius 1 is 1.32 bits per heavy atom. The molecule has 2 aromatic rings. The van der Waals surface area contributed by atoms with Crippen molar-refractivity contribution in [2.45, 2.75) is 26.4 Å². The van der Waals surface area contributed by atoms with E-state index in [1.54, 1.807) is 12.1 Å². The Balaban J connectivity index is 2.07. The fraction of sp³-hybridized carbons (Fsp3) is 0.235. The van der Waals surface area contributed by atoms with Crippen molar-refractivity contribution in [2.24, 2.45) is 0 Å². The first-order valence-electron chi connectivity index (χ1n) is 6.99. The molecule has 116 valence electrons. The average molecular weight is 383 g/mol. The fourth-order valence-electron chi connectivity index (χ4n) is 1.97. The summed E-state index contributed by atoms with van der Waals surface area (Å²) in [6, 6.07) is 12.8. The normalized spacial score (nSPS) is 11.8. The molecule has 2 rings (SSSR count). The smallest absolute Gasteiger partial charge is 0.265 e. The van der Waals surface area contributed by atoms with Crippen molar-refractivity contribution in [1.82, 2.24) is 0 Å². The molecule has 0 saturated heterocycles. The summed E-state index contributed by atoms with van der Waals surface area (Å²) in [6.07, 6.45) is 0.0150. The first kappa shape index (κ1) is 16.8. The first-order chi connectivity index (χ1) is 10.5. The summed E-state index contributed by atoms with van der Waals surface area (Å²) < 4.78 is 6.69. The van der Waals surface area contributed by atoms with Crippen LogP contribution in [0.2, 0.25) is 5.02 Å². The number of ether oxygens (including phenoxy) is 1. The van der Waals surface area contributed by atoms with E-state index in [1.165, 1.54) is 0 Å². The van der Waals surface area contributed by atoms with Crippen LogP contribution in [0.1, 0.15) is 18.9 Å². The Morgan fingerprint density at radius 2 is 2.09 bits per heavy atom. The van der Waals surface area contributed by atoms with Crippen LogP contribution < -0.4 is 10.1 Å². The van der Waals surface area contributed by atoms with Crippen molar-refractivity contribution in [3.05, 3.63) is 57.5 Å². The summed E-state index contributed by atoms with van der Waals surface area (Å²) in [6.45, 7) is 3.81. The van der Waals surface area contributed by atoms with Crippen molar-refractivity contribution < 1.29 is 9.53 Å². The van der Waals surface area contributed by atoms with Gasteiger partial charge in [-0.15, -0.1) is 0 Å². The van der Waals surface area contributed by atoms with Gasteiger partial charge in [-0.2, -0.15) is 0 Å². The van der Waals surface area contributed by atoms with Crippen LogP contribution in [0.5, 0.6) is 5.75 Å². The van der Waals surface area contributed by atoms with Crippen LogP contribution in [0.25, 0.3) is 0 Å². The molecule has 0 heterocycles. The number of nitrogens with one attached hydrogen (secondary N) is 1. The van der Waals surface area contributed by atoms with Gasteiger partial charge in [-0.05, 0) is 55.3 Å². The van der Waals surface area contributed by atoms with Gasteiger partial charge in [-0.1, -0.05) is 40.5 Å². The number of hydrogen-bond donors (Lipinski definition) is 1. The molecule has 5 heteroatoms. The number of anilines is 1. The van der Waals surface area contributed by atoms with E-state index in [9.17, 15) is 4.79 Å². The van der Waals surface area contributed by atoms with Gasteiger partial charge >= 0.3 is 0 Å². The molecule has 2 aromatic carbocycles. The van der Waals surface area contributed by atoms with Gasteiger partial charge in [0, 0.05) is 15.2 Å². The molecular formula is C17H17BrClNO2. The lowest BCUT2D eigenvalue weighted by atomic mass is 10.2. The molecule has 0 aliphatic heterocycles. The third-order valence-corrected chi connectivity index (χ3v) is 4.08. The molecule has 22 heavy (non-hydrogen) atoms. The summed E-state index contributed by atoms with van der Waals surface area (Å²) in [5, 5.41) is 3.54. The van der Waals surface area contributed by atoms with E-state index >= 15 is 0 Å². The van der Waals surface area contributed by atoms with Gasteiger partial charge in [0.25, 0.3) is 5.91 Å². The number of carbonyl (C=O) groups excluding carboxylic acids is 1. The molecule has 0 aliphatic carbocycles. The highest BCUT2D eigenvalue weighted by Gasteiger charge is 2.18. The molecule has 1 atom stereocenters. The third kappa shape index (κ3) is 4.49. The number of amides is 1. The third-order valence-electron chi connectivity index (χ3n) is 3.16. The highest BCUT2D eigenvalue weighted by Crippen LogP contribution is 2.23. The van der Waals surface area contributed by atoms with E-state index in [4.69, 9.17) is 16.3 Å². The lowest BCUT2D eigenvalue weighted by Gasteiger charge is -2.18. The molecule has 0 saturated carbocycles. The topological polar surface area (TPSA) is 38.3 Å². The van der Waals surface area contributed by atoms with Crippen LogP contribution in [0.3, 0.4) is 0 Å². The van der Waals surface area contributed by atoms with Gasteiger partial charge in [-0.25, -0.2) is 0 Å². The van der Waals surface area contributed by atoms with E-state index in [2.05, 4.69) is 21.2 Å². The fourth-order valence-corrected chi connectivity index (χ4v) is 2.48. The van der Waals surface area contributed by atoms with Crippen molar-refractivity contribution in [3.8, 4) is 5.75 Å². The predicted molar refractivity (Wildman–Crippen MR) is 93.7 cm³/mol. The standard InChI is InChI=1S/C17H17BrClNO2/c1-3-16(22-14-7-8-15(19)11(2)9-14)17(21)20-13-6-4-5-12(18)10-13/h4-10,16H,3H2,1-2H3,(H,20,21). The van der Waals surface area contributed by atoms with Gasteiger partial charge in [-0.3, -0.25) is 4.79 Å². The van der Waals surface area contributed by atoms with E-state index in [-0.39, 0.29) is 5.91 Å². The largest absolute Gasteiger partial charge is 0.481 e. The van der Waals surface area contributed by atoms with Crippen LogP contribution in [-0.4, -0.2) is 12.0 Å². The minimum absolute atomic E-state index is 0.173. The molecule has 0 radical (unpaired) electrons.